The third-order valence-electron chi connectivity index (χ3n) is 2.43. The molecule has 2 N–H and O–H groups in total. The van der Waals surface area contributed by atoms with Crippen LogP contribution in [0.4, 0.5) is 13.2 Å². The molecule has 0 spiro atoms. The van der Waals surface area contributed by atoms with Gasteiger partial charge < -0.3 is 10.5 Å². The lowest BCUT2D eigenvalue weighted by molar-refractivity contribution is -0.131. The maximum absolute atomic E-state index is 12.6. The average Bonchev–Trinajstić information content (AvgIpc) is 2.44. The lowest BCUT2D eigenvalue weighted by Crippen LogP contribution is -2.42. The lowest BCUT2D eigenvalue weighted by Gasteiger charge is -2.26. The van der Waals surface area contributed by atoms with Gasteiger partial charge in [-0.2, -0.15) is 13.2 Å². The fraction of sp³-hybridized carbons (Fsp3) is 1.00. The fourth-order valence-electron chi connectivity index (χ4n) is 1.58. The molecule has 1 aliphatic heterocycles. The Kier molecular flexibility index (Phi) is 4.31. The van der Waals surface area contributed by atoms with Crippen LogP contribution in [0.5, 0.6) is 0 Å². The van der Waals surface area contributed by atoms with Gasteiger partial charge in [0.05, 0.1) is 6.10 Å². The van der Waals surface area contributed by atoms with Crippen molar-refractivity contribution in [1.29, 1.82) is 0 Å². The minimum absolute atomic E-state index is 0.0948. The number of halogens is 3. The number of hydrogen-bond donors (Lipinski definition) is 1. The SMILES string of the molecule is CC(N)C(SC1CCOC1C)C(F)(F)F. The summed E-state index contributed by atoms with van der Waals surface area (Å²) in [6.45, 7) is 3.74. The monoisotopic (exact) mass is 243 g/mol. The molecule has 0 bridgehead atoms. The fourth-order valence-corrected chi connectivity index (χ4v) is 2.89. The highest BCUT2D eigenvalue weighted by atomic mass is 32.2. The van der Waals surface area contributed by atoms with Crippen LogP contribution < -0.4 is 5.73 Å². The minimum Gasteiger partial charge on any atom is -0.377 e. The second-order valence-electron chi connectivity index (χ2n) is 3.86. The van der Waals surface area contributed by atoms with Crippen molar-refractivity contribution in [2.24, 2.45) is 5.73 Å². The quantitative estimate of drug-likeness (QED) is 0.825. The summed E-state index contributed by atoms with van der Waals surface area (Å²) in [5.74, 6) is 0. The van der Waals surface area contributed by atoms with Gasteiger partial charge in [-0.05, 0) is 20.3 Å². The van der Waals surface area contributed by atoms with Crippen LogP contribution in [0, 0.1) is 0 Å². The summed E-state index contributed by atoms with van der Waals surface area (Å²) in [6, 6.07) is -0.886. The Morgan fingerprint density at radius 3 is 2.40 bits per heavy atom. The smallest absolute Gasteiger partial charge is 0.377 e. The van der Waals surface area contributed by atoms with E-state index in [1.54, 1.807) is 6.92 Å². The Labute approximate surface area is 91.7 Å². The molecular weight excluding hydrogens is 227 g/mol. The molecule has 4 unspecified atom stereocenters. The van der Waals surface area contributed by atoms with Gasteiger partial charge in [-0.1, -0.05) is 0 Å². The van der Waals surface area contributed by atoms with Crippen molar-refractivity contribution < 1.29 is 17.9 Å². The van der Waals surface area contributed by atoms with Gasteiger partial charge in [0.25, 0.3) is 0 Å². The van der Waals surface area contributed by atoms with Crippen LogP contribution in [0.1, 0.15) is 20.3 Å². The molecule has 1 aliphatic rings. The molecule has 1 heterocycles. The molecule has 0 aliphatic carbocycles. The molecule has 90 valence electrons. The number of ether oxygens (including phenoxy) is 1. The zero-order valence-corrected chi connectivity index (χ0v) is 9.57. The van der Waals surface area contributed by atoms with E-state index in [0.29, 0.717) is 13.0 Å². The average molecular weight is 243 g/mol. The van der Waals surface area contributed by atoms with E-state index in [1.165, 1.54) is 6.92 Å². The van der Waals surface area contributed by atoms with Crippen LogP contribution in [-0.4, -0.2) is 35.4 Å². The molecule has 4 atom stereocenters. The van der Waals surface area contributed by atoms with E-state index >= 15 is 0 Å². The molecule has 0 aromatic rings. The number of nitrogens with two attached hydrogens (primary N) is 1. The zero-order valence-electron chi connectivity index (χ0n) is 8.75. The summed E-state index contributed by atoms with van der Waals surface area (Å²) in [5, 5.41) is -1.59. The van der Waals surface area contributed by atoms with Crippen LogP contribution in [0.2, 0.25) is 0 Å². The molecular formula is C9H16F3NOS. The first-order chi connectivity index (χ1) is 6.82. The molecule has 0 saturated carbocycles. The van der Waals surface area contributed by atoms with Crippen LogP contribution >= 0.6 is 11.8 Å². The molecule has 0 aromatic heterocycles. The Morgan fingerprint density at radius 2 is 2.07 bits per heavy atom. The molecule has 0 amide bonds. The van der Waals surface area contributed by atoms with Gasteiger partial charge in [-0.15, -0.1) is 11.8 Å². The van der Waals surface area contributed by atoms with Gasteiger partial charge in [-0.25, -0.2) is 0 Å². The van der Waals surface area contributed by atoms with Crippen LogP contribution in [-0.2, 0) is 4.74 Å². The minimum atomic E-state index is -4.23. The summed E-state index contributed by atoms with van der Waals surface area (Å²) >= 11 is 0.900. The first-order valence-corrected chi connectivity index (χ1v) is 5.86. The molecule has 1 fully saturated rings. The van der Waals surface area contributed by atoms with Crippen molar-refractivity contribution >= 4 is 11.8 Å². The number of rotatable bonds is 3. The summed E-state index contributed by atoms with van der Waals surface area (Å²) in [4.78, 5) is 0. The molecule has 6 heteroatoms. The van der Waals surface area contributed by atoms with Crippen molar-refractivity contribution in [2.45, 2.75) is 49.1 Å². The first kappa shape index (κ1) is 13.1. The summed E-state index contributed by atoms with van der Waals surface area (Å²) in [6.07, 6.45) is -3.68. The van der Waals surface area contributed by atoms with Crippen molar-refractivity contribution in [3.05, 3.63) is 0 Å². The summed E-state index contributed by atoms with van der Waals surface area (Å²) in [5.41, 5.74) is 5.36. The maximum Gasteiger partial charge on any atom is 0.402 e. The molecule has 0 radical (unpaired) electrons. The van der Waals surface area contributed by atoms with E-state index in [2.05, 4.69) is 0 Å². The van der Waals surface area contributed by atoms with Gasteiger partial charge >= 0.3 is 6.18 Å². The van der Waals surface area contributed by atoms with Crippen molar-refractivity contribution in [3.63, 3.8) is 0 Å². The second-order valence-corrected chi connectivity index (χ2v) is 5.25. The Hall–Kier alpha value is 0.0600. The van der Waals surface area contributed by atoms with E-state index in [4.69, 9.17) is 10.5 Å². The van der Waals surface area contributed by atoms with Gasteiger partial charge in [0.2, 0.25) is 0 Å². The van der Waals surface area contributed by atoms with Gasteiger partial charge in [0.15, 0.2) is 0 Å². The largest absolute Gasteiger partial charge is 0.402 e. The Morgan fingerprint density at radius 1 is 1.47 bits per heavy atom. The van der Waals surface area contributed by atoms with E-state index in [1.807, 2.05) is 0 Å². The highest BCUT2D eigenvalue weighted by molar-refractivity contribution is 8.00. The van der Waals surface area contributed by atoms with Gasteiger partial charge in [0.1, 0.15) is 5.25 Å². The van der Waals surface area contributed by atoms with E-state index in [0.717, 1.165) is 11.8 Å². The Bertz CT molecular complexity index is 210. The lowest BCUT2D eigenvalue weighted by atomic mass is 10.2. The Balaban J connectivity index is 2.59. The highest BCUT2D eigenvalue weighted by Gasteiger charge is 2.45. The molecule has 1 saturated heterocycles. The summed E-state index contributed by atoms with van der Waals surface area (Å²) in [7, 11) is 0. The molecule has 2 nitrogen and oxygen atoms in total. The van der Waals surface area contributed by atoms with Crippen LogP contribution in [0.15, 0.2) is 0 Å². The van der Waals surface area contributed by atoms with E-state index in [-0.39, 0.29) is 11.4 Å². The van der Waals surface area contributed by atoms with E-state index in [9.17, 15) is 13.2 Å². The standard InChI is InChI=1S/C9H16F3NOS/c1-5(13)8(9(10,11)12)15-7-3-4-14-6(7)2/h5-8H,3-4,13H2,1-2H3. The number of hydrogen-bond acceptors (Lipinski definition) is 3. The third kappa shape index (κ3) is 3.53. The molecule has 0 aromatic carbocycles. The summed E-state index contributed by atoms with van der Waals surface area (Å²) < 4.78 is 43.1. The van der Waals surface area contributed by atoms with Crippen molar-refractivity contribution in [2.75, 3.05) is 6.61 Å². The van der Waals surface area contributed by atoms with Crippen LogP contribution in [0.3, 0.4) is 0 Å². The predicted molar refractivity (Wildman–Crippen MR) is 54.9 cm³/mol. The molecule has 1 rings (SSSR count). The number of thioether (sulfide) groups is 1. The normalized spacial score (nSPS) is 31.6. The highest BCUT2D eigenvalue weighted by Crippen LogP contribution is 2.38. The number of alkyl halides is 3. The molecule has 15 heavy (non-hydrogen) atoms. The predicted octanol–water partition coefficient (Wildman–Crippen LogP) is 2.18. The van der Waals surface area contributed by atoms with Gasteiger partial charge in [0, 0.05) is 17.9 Å². The van der Waals surface area contributed by atoms with E-state index < -0.39 is 17.5 Å². The van der Waals surface area contributed by atoms with Crippen molar-refractivity contribution in [3.8, 4) is 0 Å². The third-order valence-corrected chi connectivity index (χ3v) is 4.39. The second kappa shape index (κ2) is 4.93. The van der Waals surface area contributed by atoms with Crippen molar-refractivity contribution in [1.82, 2.24) is 0 Å². The zero-order chi connectivity index (χ0) is 11.6. The van der Waals surface area contributed by atoms with Crippen LogP contribution in [0.25, 0.3) is 0 Å². The maximum atomic E-state index is 12.6. The van der Waals surface area contributed by atoms with Gasteiger partial charge in [-0.3, -0.25) is 0 Å². The topological polar surface area (TPSA) is 35.2 Å². The first-order valence-electron chi connectivity index (χ1n) is 4.91.